The first-order valence-electron chi connectivity index (χ1n) is 7.22. The monoisotopic (exact) mass is 356 g/mol. The Bertz CT molecular complexity index is 802. The van der Waals surface area contributed by atoms with E-state index in [4.69, 9.17) is 9.94 Å². The van der Waals surface area contributed by atoms with Crippen LogP contribution in [0.15, 0.2) is 36.5 Å². The molecule has 1 aromatic carbocycles. The molecule has 1 heterocycles. The smallest absolute Gasteiger partial charge is 0.398 e. The summed E-state index contributed by atoms with van der Waals surface area (Å²) >= 11 is 0. The van der Waals surface area contributed by atoms with E-state index in [0.717, 1.165) is 12.3 Å². The van der Waals surface area contributed by atoms with Crippen LogP contribution in [0.2, 0.25) is 0 Å². The van der Waals surface area contributed by atoms with Gasteiger partial charge in [0.05, 0.1) is 11.0 Å². The molecule has 1 aromatic heterocycles. The number of ether oxygens (including phenoxy) is 1. The van der Waals surface area contributed by atoms with E-state index >= 15 is 0 Å². The van der Waals surface area contributed by atoms with Gasteiger partial charge in [-0.25, -0.2) is 14.9 Å². The number of nitrogens with one attached hydrogen (secondary N) is 1. The number of aromatic nitrogens is 1. The van der Waals surface area contributed by atoms with Gasteiger partial charge in [-0.2, -0.15) is 13.2 Å². The quantitative estimate of drug-likeness (QED) is 0.498. The molecule has 0 spiro atoms. The first kappa shape index (κ1) is 17.2. The Hall–Kier alpha value is -2.68. The van der Waals surface area contributed by atoms with E-state index in [2.05, 4.69) is 4.98 Å². The number of hydroxylamine groups is 1. The Kier molecular flexibility index (Phi) is 4.11. The van der Waals surface area contributed by atoms with Crippen LogP contribution in [-0.4, -0.2) is 22.3 Å². The Morgan fingerprint density at radius 3 is 2.36 bits per heavy atom. The van der Waals surface area contributed by atoms with Crippen LogP contribution >= 0.6 is 0 Å². The van der Waals surface area contributed by atoms with Crippen LogP contribution in [0, 0.1) is 5.82 Å². The fourth-order valence-corrected chi connectivity index (χ4v) is 2.50. The molecule has 2 N–H and O–H groups in total. The lowest BCUT2D eigenvalue weighted by molar-refractivity contribution is -0.160. The summed E-state index contributed by atoms with van der Waals surface area (Å²) in [5.41, 5.74) is -0.544. The summed E-state index contributed by atoms with van der Waals surface area (Å²) in [7, 11) is 0. The van der Waals surface area contributed by atoms with Gasteiger partial charge in [-0.15, -0.1) is 0 Å². The van der Waals surface area contributed by atoms with Crippen molar-refractivity contribution in [1.82, 2.24) is 10.5 Å². The second-order valence-corrected chi connectivity index (χ2v) is 5.66. The van der Waals surface area contributed by atoms with E-state index in [0.29, 0.717) is 0 Å². The second kappa shape index (κ2) is 5.99. The highest BCUT2D eigenvalue weighted by Gasteiger charge is 2.64. The van der Waals surface area contributed by atoms with Crippen LogP contribution in [0.1, 0.15) is 28.8 Å². The number of halogens is 4. The molecule has 0 radical (unpaired) electrons. The molecule has 0 atom stereocenters. The zero-order valence-corrected chi connectivity index (χ0v) is 12.6. The highest BCUT2D eigenvalue weighted by atomic mass is 19.4. The molecule has 1 aliphatic carbocycles. The lowest BCUT2D eigenvalue weighted by Gasteiger charge is -2.19. The molecule has 3 rings (SSSR count). The van der Waals surface area contributed by atoms with E-state index in [1.807, 2.05) is 0 Å². The summed E-state index contributed by atoms with van der Waals surface area (Å²) < 4.78 is 58.3. The predicted molar refractivity (Wildman–Crippen MR) is 76.9 cm³/mol. The van der Waals surface area contributed by atoms with Crippen LogP contribution in [0.5, 0.6) is 11.6 Å². The van der Waals surface area contributed by atoms with Crippen molar-refractivity contribution in [2.75, 3.05) is 0 Å². The highest BCUT2D eigenvalue weighted by Crippen LogP contribution is 2.58. The lowest BCUT2D eigenvalue weighted by atomic mass is 9.95. The van der Waals surface area contributed by atoms with E-state index in [1.54, 1.807) is 0 Å². The third kappa shape index (κ3) is 3.14. The topological polar surface area (TPSA) is 71.5 Å². The van der Waals surface area contributed by atoms with Gasteiger partial charge in [0.2, 0.25) is 0 Å². The van der Waals surface area contributed by atoms with Gasteiger partial charge in [0.15, 0.2) is 5.82 Å². The minimum atomic E-state index is -4.31. The number of hydrogen-bond donors (Lipinski definition) is 2. The normalized spacial score (nSPS) is 15.6. The van der Waals surface area contributed by atoms with E-state index in [1.165, 1.54) is 29.7 Å². The summed E-state index contributed by atoms with van der Waals surface area (Å²) in [6, 6.07) is 6.00. The fraction of sp³-hybridized carbons (Fsp3) is 0.250. The number of alkyl halides is 3. The Morgan fingerprint density at radius 2 is 1.88 bits per heavy atom. The summed E-state index contributed by atoms with van der Waals surface area (Å²) in [6.07, 6.45) is -3.24. The molecule has 1 saturated carbocycles. The molecule has 1 fully saturated rings. The van der Waals surface area contributed by atoms with Gasteiger partial charge < -0.3 is 4.74 Å². The van der Waals surface area contributed by atoms with Crippen molar-refractivity contribution in [3.8, 4) is 11.6 Å². The molecule has 25 heavy (non-hydrogen) atoms. The van der Waals surface area contributed by atoms with Crippen molar-refractivity contribution >= 4 is 5.91 Å². The molecule has 0 saturated heterocycles. The molecule has 132 valence electrons. The first-order valence-corrected chi connectivity index (χ1v) is 7.22. The van der Waals surface area contributed by atoms with Crippen LogP contribution in [-0.2, 0) is 5.41 Å². The lowest BCUT2D eigenvalue weighted by Crippen LogP contribution is -2.28. The van der Waals surface area contributed by atoms with Gasteiger partial charge in [-0.3, -0.25) is 10.0 Å². The minimum absolute atomic E-state index is 0.0429. The largest absolute Gasteiger partial charge is 0.436 e. The third-order valence-electron chi connectivity index (χ3n) is 4.09. The molecule has 1 amide bonds. The van der Waals surface area contributed by atoms with Crippen LogP contribution in [0.3, 0.4) is 0 Å². The molecule has 2 aromatic rings. The van der Waals surface area contributed by atoms with E-state index in [-0.39, 0.29) is 29.7 Å². The SMILES string of the molecule is O=C(NO)c1cnc(Oc2ccc(C3(C(F)(F)F)CC3)cc2)c(F)c1. The van der Waals surface area contributed by atoms with Gasteiger partial charge in [0, 0.05) is 6.20 Å². The number of carbonyl (C=O) groups is 1. The van der Waals surface area contributed by atoms with Gasteiger partial charge >= 0.3 is 6.18 Å². The first-order chi connectivity index (χ1) is 11.8. The van der Waals surface area contributed by atoms with E-state index in [9.17, 15) is 22.4 Å². The Balaban J connectivity index is 1.78. The maximum Gasteiger partial charge on any atom is 0.398 e. The number of pyridine rings is 1. The van der Waals surface area contributed by atoms with Crippen LogP contribution in [0.25, 0.3) is 0 Å². The number of benzene rings is 1. The van der Waals surface area contributed by atoms with Crippen molar-refractivity contribution in [2.24, 2.45) is 0 Å². The van der Waals surface area contributed by atoms with Crippen LogP contribution < -0.4 is 10.2 Å². The number of hydrogen-bond acceptors (Lipinski definition) is 4. The van der Waals surface area contributed by atoms with Crippen LogP contribution in [0.4, 0.5) is 17.6 Å². The number of carbonyl (C=O) groups excluding carboxylic acids is 1. The standard InChI is InChI=1S/C16H12F4N2O3/c17-12-7-9(13(23)22-24)8-21-14(12)25-11-3-1-10(2-4-11)15(5-6-15)16(18,19)20/h1-4,7-8,24H,5-6H2,(H,22,23). The minimum Gasteiger partial charge on any atom is -0.436 e. The average molecular weight is 356 g/mol. The predicted octanol–water partition coefficient (Wildman–Crippen LogP) is 3.73. The molecule has 0 bridgehead atoms. The van der Waals surface area contributed by atoms with Crippen molar-refractivity contribution in [2.45, 2.75) is 24.4 Å². The zero-order valence-electron chi connectivity index (χ0n) is 12.6. The Morgan fingerprint density at radius 1 is 1.24 bits per heavy atom. The summed E-state index contributed by atoms with van der Waals surface area (Å²) in [5.74, 6) is -2.24. The molecule has 9 heteroatoms. The maximum atomic E-state index is 13.9. The molecule has 5 nitrogen and oxygen atoms in total. The fourth-order valence-electron chi connectivity index (χ4n) is 2.50. The molecule has 0 unspecified atom stereocenters. The summed E-state index contributed by atoms with van der Waals surface area (Å²) in [4.78, 5) is 14.8. The zero-order chi connectivity index (χ0) is 18.2. The second-order valence-electron chi connectivity index (χ2n) is 5.66. The molecule has 1 aliphatic rings. The average Bonchev–Trinajstić information content (AvgIpc) is 3.38. The number of nitrogens with zero attached hydrogens (tertiary/aromatic N) is 1. The number of amides is 1. The van der Waals surface area contributed by atoms with Gasteiger partial charge in [0.1, 0.15) is 5.75 Å². The third-order valence-corrected chi connectivity index (χ3v) is 4.09. The summed E-state index contributed by atoms with van der Waals surface area (Å²) in [6.45, 7) is 0. The molecular formula is C16H12F4N2O3. The van der Waals surface area contributed by atoms with Crippen molar-refractivity contribution < 1.29 is 32.3 Å². The van der Waals surface area contributed by atoms with E-state index < -0.39 is 29.2 Å². The van der Waals surface area contributed by atoms with Crippen molar-refractivity contribution in [1.29, 1.82) is 0 Å². The molecule has 0 aliphatic heterocycles. The van der Waals surface area contributed by atoms with Gasteiger partial charge in [-0.1, -0.05) is 12.1 Å². The maximum absolute atomic E-state index is 13.9. The Labute approximate surface area is 139 Å². The summed E-state index contributed by atoms with van der Waals surface area (Å²) in [5, 5.41) is 8.48. The van der Waals surface area contributed by atoms with Gasteiger partial charge in [-0.05, 0) is 36.6 Å². The highest BCUT2D eigenvalue weighted by molar-refractivity contribution is 5.93. The molecular weight excluding hydrogens is 344 g/mol. The van der Waals surface area contributed by atoms with Gasteiger partial charge in [0.25, 0.3) is 11.8 Å². The number of rotatable bonds is 4. The van der Waals surface area contributed by atoms with Crippen molar-refractivity contribution in [3.05, 3.63) is 53.5 Å². The van der Waals surface area contributed by atoms with Crippen molar-refractivity contribution in [3.63, 3.8) is 0 Å².